The normalized spacial score (nSPS) is 10.9. The van der Waals surface area contributed by atoms with Gasteiger partial charge < -0.3 is 4.74 Å². The van der Waals surface area contributed by atoms with Crippen LogP contribution in [0.15, 0.2) is 65.8 Å². The van der Waals surface area contributed by atoms with Crippen LogP contribution in [0.3, 0.4) is 0 Å². The van der Waals surface area contributed by atoms with Crippen LogP contribution in [0.1, 0.15) is 5.69 Å². The van der Waals surface area contributed by atoms with Crippen LogP contribution in [-0.2, 0) is 0 Å². The number of aromatic nitrogens is 3. The van der Waals surface area contributed by atoms with Gasteiger partial charge in [-0.15, -0.1) is 5.10 Å². The van der Waals surface area contributed by atoms with Gasteiger partial charge in [-0.1, -0.05) is 23.4 Å². The lowest BCUT2D eigenvalue weighted by Gasteiger charge is -1.98. The Kier molecular flexibility index (Phi) is 3.73. The number of ether oxygens (including phenoxy) is 1. The summed E-state index contributed by atoms with van der Waals surface area (Å²) in [7, 11) is 1.64. The number of para-hydroxylation sites is 1. The Morgan fingerprint density at radius 1 is 1.05 bits per heavy atom. The van der Waals surface area contributed by atoms with Gasteiger partial charge in [-0.3, -0.25) is 4.99 Å². The second-order valence-electron chi connectivity index (χ2n) is 4.38. The summed E-state index contributed by atoms with van der Waals surface area (Å²) in [5.74, 6) is 0.809. The third kappa shape index (κ3) is 3.14. The predicted molar refractivity (Wildman–Crippen MR) is 81.6 cm³/mol. The van der Waals surface area contributed by atoms with Gasteiger partial charge in [0, 0.05) is 0 Å². The van der Waals surface area contributed by atoms with Gasteiger partial charge in [0.25, 0.3) is 0 Å². The average molecular weight is 278 g/mol. The first-order valence-corrected chi connectivity index (χ1v) is 6.51. The fourth-order valence-corrected chi connectivity index (χ4v) is 1.85. The summed E-state index contributed by atoms with van der Waals surface area (Å²) >= 11 is 0. The first-order valence-electron chi connectivity index (χ1n) is 6.51. The number of hydrogen-bond donors (Lipinski definition) is 0. The van der Waals surface area contributed by atoms with E-state index >= 15 is 0 Å². The van der Waals surface area contributed by atoms with Gasteiger partial charge >= 0.3 is 0 Å². The third-order valence-electron chi connectivity index (χ3n) is 2.95. The number of aliphatic imine (C=N–C) groups is 1. The molecule has 0 radical (unpaired) electrons. The maximum Gasteiger partial charge on any atom is 0.124 e. The molecular formula is C16H14N4O. The quantitative estimate of drug-likeness (QED) is 0.689. The molecule has 0 fully saturated rings. The van der Waals surface area contributed by atoms with E-state index in [0.717, 1.165) is 17.1 Å². The van der Waals surface area contributed by atoms with Crippen LogP contribution >= 0.6 is 0 Å². The molecule has 2 aromatic carbocycles. The summed E-state index contributed by atoms with van der Waals surface area (Å²) in [5.41, 5.74) is 2.51. The maximum atomic E-state index is 5.11. The first-order chi connectivity index (χ1) is 10.3. The molecule has 0 aliphatic carbocycles. The average Bonchev–Trinajstić information content (AvgIpc) is 3.03. The SMILES string of the molecule is COc1ccc(N=Cc2cn(-c3ccccc3)nn2)cc1. The second-order valence-corrected chi connectivity index (χ2v) is 4.38. The van der Waals surface area contributed by atoms with Crippen molar-refractivity contribution in [3.63, 3.8) is 0 Å². The Morgan fingerprint density at radius 3 is 2.52 bits per heavy atom. The van der Waals surface area contributed by atoms with Gasteiger partial charge in [0.1, 0.15) is 11.4 Å². The molecule has 0 aliphatic rings. The molecule has 0 bridgehead atoms. The van der Waals surface area contributed by atoms with Crippen molar-refractivity contribution >= 4 is 11.9 Å². The van der Waals surface area contributed by atoms with Gasteiger partial charge in [-0.2, -0.15) is 0 Å². The van der Waals surface area contributed by atoms with Crippen LogP contribution in [0.25, 0.3) is 5.69 Å². The van der Waals surface area contributed by atoms with Crippen molar-refractivity contribution in [2.75, 3.05) is 7.11 Å². The molecule has 0 N–H and O–H groups in total. The van der Waals surface area contributed by atoms with Crippen molar-refractivity contribution in [3.05, 3.63) is 66.5 Å². The highest BCUT2D eigenvalue weighted by molar-refractivity contribution is 5.79. The van der Waals surface area contributed by atoms with E-state index in [1.54, 1.807) is 18.0 Å². The molecule has 0 saturated carbocycles. The Hall–Kier alpha value is -2.95. The lowest BCUT2D eigenvalue weighted by molar-refractivity contribution is 0.415. The highest BCUT2D eigenvalue weighted by Crippen LogP contribution is 2.17. The van der Waals surface area contributed by atoms with Crippen LogP contribution in [0.4, 0.5) is 5.69 Å². The molecule has 104 valence electrons. The summed E-state index contributed by atoms with van der Waals surface area (Å²) in [5, 5.41) is 8.16. The van der Waals surface area contributed by atoms with Crippen LogP contribution < -0.4 is 4.74 Å². The molecule has 5 nitrogen and oxygen atoms in total. The molecule has 0 spiro atoms. The fourth-order valence-electron chi connectivity index (χ4n) is 1.85. The minimum Gasteiger partial charge on any atom is -0.497 e. The fraction of sp³-hybridized carbons (Fsp3) is 0.0625. The zero-order chi connectivity index (χ0) is 14.5. The van der Waals surface area contributed by atoms with Gasteiger partial charge in [0.2, 0.25) is 0 Å². The predicted octanol–water partition coefficient (Wildman–Crippen LogP) is 3.03. The van der Waals surface area contributed by atoms with Crippen molar-refractivity contribution in [2.45, 2.75) is 0 Å². The minimum absolute atomic E-state index is 0.703. The van der Waals surface area contributed by atoms with Crippen LogP contribution in [0.2, 0.25) is 0 Å². The van der Waals surface area contributed by atoms with Crippen LogP contribution in [-0.4, -0.2) is 28.3 Å². The Bertz CT molecular complexity index is 732. The summed E-state index contributed by atoms with van der Waals surface area (Å²) < 4.78 is 6.82. The number of benzene rings is 2. The summed E-state index contributed by atoms with van der Waals surface area (Å²) in [6, 6.07) is 17.3. The number of nitrogens with zero attached hydrogens (tertiary/aromatic N) is 4. The Labute approximate surface area is 122 Å². The van der Waals surface area contributed by atoms with Gasteiger partial charge in [-0.05, 0) is 36.4 Å². The number of methoxy groups -OCH3 is 1. The molecular weight excluding hydrogens is 264 g/mol. The van der Waals surface area contributed by atoms with Crippen LogP contribution in [0.5, 0.6) is 5.75 Å². The topological polar surface area (TPSA) is 52.3 Å². The molecule has 1 heterocycles. The molecule has 5 heteroatoms. The van der Waals surface area contributed by atoms with E-state index in [1.165, 1.54) is 0 Å². The highest BCUT2D eigenvalue weighted by atomic mass is 16.5. The van der Waals surface area contributed by atoms with E-state index in [4.69, 9.17) is 4.74 Å². The van der Waals surface area contributed by atoms with E-state index < -0.39 is 0 Å². The van der Waals surface area contributed by atoms with Gasteiger partial charge in [-0.25, -0.2) is 4.68 Å². The van der Waals surface area contributed by atoms with E-state index in [0.29, 0.717) is 5.69 Å². The van der Waals surface area contributed by atoms with E-state index in [2.05, 4.69) is 15.3 Å². The van der Waals surface area contributed by atoms with E-state index in [-0.39, 0.29) is 0 Å². The molecule has 0 saturated heterocycles. The lowest BCUT2D eigenvalue weighted by Crippen LogP contribution is -1.93. The summed E-state index contributed by atoms with van der Waals surface area (Å²) in [4.78, 5) is 4.36. The third-order valence-corrected chi connectivity index (χ3v) is 2.95. The second kappa shape index (κ2) is 6.00. The molecule has 1 aromatic heterocycles. The molecule has 3 rings (SSSR count). The Morgan fingerprint density at radius 2 is 1.81 bits per heavy atom. The molecule has 0 amide bonds. The smallest absolute Gasteiger partial charge is 0.124 e. The maximum absolute atomic E-state index is 5.11. The first kappa shape index (κ1) is 13.1. The molecule has 0 aliphatic heterocycles. The zero-order valence-corrected chi connectivity index (χ0v) is 11.5. The van der Waals surface area contributed by atoms with Crippen molar-refractivity contribution < 1.29 is 4.74 Å². The Balaban J connectivity index is 1.76. The lowest BCUT2D eigenvalue weighted by atomic mass is 10.3. The molecule has 0 unspecified atom stereocenters. The van der Waals surface area contributed by atoms with Crippen molar-refractivity contribution in [2.24, 2.45) is 4.99 Å². The monoisotopic (exact) mass is 278 g/mol. The number of hydrogen-bond acceptors (Lipinski definition) is 4. The standard InChI is InChI=1S/C16H14N4O/c1-21-16-9-7-13(8-10-16)17-11-14-12-20(19-18-14)15-5-3-2-4-6-15/h2-12H,1H3. The molecule has 3 aromatic rings. The van der Waals surface area contributed by atoms with Crippen molar-refractivity contribution in [1.29, 1.82) is 0 Å². The van der Waals surface area contributed by atoms with E-state index in [1.807, 2.05) is 60.8 Å². The summed E-state index contributed by atoms with van der Waals surface area (Å²) in [6.45, 7) is 0. The van der Waals surface area contributed by atoms with E-state index in [9.17, 15) is 0 Å². The van der Waals surface area contributed by atoms with Gasteiger partial charge in [0.15, 0.2) is 0 Å². The molecule has 21 heavy (non-hydrogen) atoms. The summed E-state index contributed by atoms with van der Waals surface area (Å²) in [6.07, 6.45) is 3.52. The van der Waals surface area contributed by atoms with Gasteiger partial charge in [0.05, 0.1) is 30.9 Å². The van der Waals surface area contributed by atoms with Crippen LogP contribution in [0, 0.1) is 0 Å². The highest BCUT2D eigenvalue weighted by Gasteiger charge is 2.00. The largest absolute Gasteiger partial charge is 0.497 e. The van der Waals surface area contributed by atoms with Crippen molar-refractivity contribution in [1.82, 2.24) is 15.0 Å². The zero-order valence-electron chi connectivity index (χ0n) is 11.5. The number of rotatable bonds is 4. The molecule has 0 atom stereocenters. The van der Waals surface area contributed by atoms with Crippen molar-refractivity contribution in [3.8, 4) is 11.4 Å². The minimum atomic E-state index is 0.703.